The zero-order valence-corrected chi connectivity index (χ0v) is 17.1. The molecule has 0 aliphatic heterocycles. The third-order valence-electron chi connectivity index (χ3n) is 4.84. The molecule has 2 N–H and O–H groups in total. The van der Waals surface area contributed by atoms with Crippen molar-refractivity contribution in [2.75, 3.05) is 6.61 Å². The molecule has 12 heteroatoms. The van der Waals surface area contributed by atoms with Gasteiger partial charge in [0.25, 0.3) is 12.0 Å². The highest BCUT2D eigenvalue weighted by Gasteiger charge is 2.60. The molecule has 0 saturated carbocycles. The number of carbonyl (C=O) groups is 2. The molecule has 0 aromatic carbocycles. The quantitative estimate of drug-likeness (QED) is 0.348. The molecule has 0 spiro atoms. The summed E-state index contributed by atoms with van der Waals surface area (Å²) < 4.78 is 46.8. The van der Waals surface area contributed by atoms with E-state index in [1.54, 1.807) is 4.98 Å². The first kappa shape index (κ1) is 24.4. The molecular formula is C19H18ClF3N2O6. The number of carboxylic acids is 1. The molecular weight excluding hydrogens is 445 g/mol. The van der Waals surface area contributed by atoms with Crippen LogP contribution in [0.15, 0.2) is 45.8 Å². The van der Waals surface area contributed by atoms with Crippen molar-refractivity contribution in [2.45, 2.75) is 30.7 Å². The predicted molar refractivity (Wildman–Crippen MR) is 105 cm³/mol. The van der Waals surface area contributed by atoms with Crippen LogP contribution in [0.5, 0.6) is 0 Å². The van der Waals surface area contributed by atoms with Gasteiger partial charge in [-0.1, -0.05) is 13.0 Å². The highest BCUT2D eigenvalue weighted by Crippen LogP contribution is 2.50. The number of aromatic amines is 1. The maximum absolute atomic E-state index is 15.5. The molecule has 0 saturated heterocycles. The van der Waals surface area contributed by atoms with E-state index in [1.807, 2.05) is 0 Å². The molecule has 3 atom stereocenters. The number of nitrogens with one attached hydrogen (secondary N) is 1. The second kappa shape index (κ2) is 8.67. The van der Waals surface area contributed by atoms with Crippen molar-refractivity contribution < 1.29 is 32.6 Å². The van der Waals surface area contributed by atoms with Crippen molar-refractivity contribution >= 4 is 29.6 Å². The lowest BCUT2D eigenvalue weighted by Gasteiger charge is -2.44. The Morgan fingerprint density at radius 1 is 1.45 bits per heavy atom. The fraction of sp³-hybridized carbons (Fsp3) is 0.368. The molecule has 31 heavy (non-hydrogen) atoms. The van der Waals surface area contributed by atoms with Gasteiger partial charge >= 0.3 is 11.7 Å². The maximum Gasteiger partial charge on any atom is 0.342 e. The Hall–Kier alpha value is -2.92. The average Bonchev–Trinajstić information content (AvgIpc) is 2.67. The van der Waals surface area contributed by atoms with E-state index in [0.29, 0.717) is 12.1 Å². The molecule has 1 aliphatic carbocycles. The van der Waals surface area contributed by atoms with Crippen LogP contribution in [0.3, 0.4) is 0 Å². The van der Waals surface area contributed by atoms with Crippen LogP contribution in [0.2, 0.25) is 0 Å². The van der Waals surface area contributed by atoms with E-state index in [1.165, 1.54) is 13.0 Å². The van der Waals surface area contributed by atoms with E-state index < -0.39 is 69.4 Å². The first-order chi connectivity index (χ1) is 14.4. The first-order valence-electron chi connectivity index (χ1n) is 8.76. The van der Waals surface area contributed by atoms with Gasteiger partial charge in [-0.15, -0.1) is 18.2 Å². The lowest BCUT2D eigenvalue weighted by molar-refractivity contribution is -0.161. The predicted octanol–water partition coefficient (Wildman–Crippen LogP) is 2.41. The van der Waals surface area contributed by atoms with Gasteiger partial charge in [-0.3, -0.25) is 4.79 Å². The van der Waals surface area contributed by atoms with Crippen molar-refractivity contribution in [3.63, 3.8) is 0 Å². The third-order valence-corrected chi connectivity index (χ3v) is 5.32. The highest BCUT2D eigenvalue weighted by molar-refractivity contribution is 6.29. The van der Waals surface area contributed by atoms with Crippen molar-refractivity contribution in [3.05, 3.63) is 62.7 Å². The maximum atomic E-state index is 15.5. The van der Waals surface area contributed by atoms with Crippen LogP contribution in [-0.2, 0) is 14.3 Å². The SMILES string of the molecule is C=CCOC1(C(=O)O)C=C(n2c(=O)cc(C(F)F)[nH]c2=O)C(F)=C(C(C)C=O)C1(C)Cl. The Morgan fingerprint density at radius 2 is 2.06 bits per heavy atom. The number of aromatic nitrogens is 2. The Morgan fingerprint density at radius 3 is 2.52 bits per heavy atom. The third kappa shape index (κ3) is 3.90. The summed E-state index contributed by atoms with van der Waals surface area (Å²) in [5.74, 6) is -4.36. The molecule has 0 bridgehead atoms. The Kier molecular flexibility index (Phi) is 6.81. The van der Waals surface area contributed by atoms with Gasteiger partial charge in [0.2, 0.25) is 5.60 Å². The van der Waals surface area contributed by atoms with Crippen molar-refractivity contribution in [2.24, 2.45) is 5.92 Å². The molecule has 1 aromatic heterocycles. The fourth-order valence-electron chi connectivity index (χ4n) is 3.34. The number of rotatable bonds is 8. The molecule has 0 amide bonds. The second-order valence-corrected chi connectivity index (χ2v) is 7.59. The molecule has 168 valence electrons. The largest absolute Gasteiger partial charge is 0.479 e. The van der Waals surface area contributed by atoms with E-state index in [-0.39, 0.29) is 10.9 Å². The number of aldehydes is 1. The monoisotopic (exact) mass is 462 g/mol. The number of halogens is 4. The zero-order chi connectivity index (χ0) is 23.7. The van der Waals surface area contributed by atoms with Crippen LogP contribution < -0.4 is 11.2 Å². The number of ether oxygens (including phenoxy) is 1. The normalized spacial score (nSPS) is 24.7. The summed E-state index contributed by atoms with van der Waals surface area (Å²) in [5, 5.41) is 9.94. The van der Waals surface area contributed by atoms with Gasteiger partial charge in [0.15, 0.2) is 0 Å². The number of H-pyrrole nitrogens is 1. The number of hydrogen-bond acceptors (Lipinski definition) is 5. The van der Waals surface area contributed by atoms with Crippen LogP contribution in [0.1, 0.15) is 26.0 Å². The Balaban J connectivity index is 2.99. The minimum Gasteiger partial charge on any atom is -0.479 e. The van der Waals surface area contributed by atoms with Gasteiger partial charge < -0.3 is 19.6 Å². The summed E-state index contributed by atoms with van der Waals surface area (Å²) in [6.45, 7) is 5.32. The summed E-state index contributed by atoms with van der Waals surface area (Å²) >= 11 is 6.45. The molecule has 1 heterocycles. The summed E-state index contributed by atoms with van der Waals surface area (Å²) in [7, 11) is 0. The average molecular weight is 463 g/mol. The van der Waals surface area contributed by atoms with Crippen LogP contribution in [0, 0.1) is 5.92 Å². The molecule has 1 aliphatic rings. The molecule has 1 aromatic rings. The van der Waals surface area contributed by atoms with Gasteiger partial charge in [0.1, 0.15) is 17.0 Å². The topological polar surface area (TPSA) is 118 Å². The zero-order valence-electron chi connectivity index (χ0n) is 16.3. The highest BCUT2D eigenvalue weighted by atomic mass is 35.5. The van der Waals surface area contributed by atoms with Gasteiger partial charge in [-0.2, -0.15) is 0 Å². The van der Waals surface area contributed by atoms with Gasteiger partial charge in [-0.25, -0.2) is 27.3 Å². The number of nitrogens with zero attached hydrogens (tertiary/aromatic N) is 1. The summed E-state index contributed by atoms with van der Waals surface area (Å²) in [6.07, 6.45) is -1.13. The number of hydrogen-bond donors (Lipinski definition) is 2. The van der Waals surface area contributed by atoms with Gasteiger partial charge in [-0.05, 0) is 13.0 Å². The molecule has 0 fully saturated rings. The summed E-state index contributed by atoms with van der Waals surface area (Å²) in [6, 6.07) is 0.366. The summed E-state index contributed by atoms with van der Waals surface area (Å²) in [4.78, 5) is 48.0. The van der Waals surface area contributed by atoms with Crippen molar-refractivity contribution in [1.82, 2.24) is 9.55 Å². The lowest BCUT2D eigenvalue weighted by atomic mass is 9.73. The van der Waals surface area contributed by atoms with Gasteiger partial charge in [0.05, 0.1) is 18.0 Å². The van der Waals surface area contributed by atoms with Crippen LogP contribution >= 0.6 is 11.6 Å². The van der Waals surface area contributed by atoms with E-state index in [0.717, 1.165) is 6.92 Å². The van der Waals surface area contributed by atoms with E-state index in [2.05, 4.69) is 6.58 Å². The molecule has 8 nitrogen and oxygen atoms in total. The first-order valence-corrected chi connectivity index (χ1v) is 9.14. The van der Waals surface area contributed by atoms with Crippen LogP contribution in [0.4, 0.5) is 13.2 Å². The number of carboxylic acid groups (broad SMARTS) is 1. The fourth-order valence-corrected chi connectivity index (χ4v) is 3.79. The number of allylic oxidation sites excluding steroid dienone is 2. The van der Waals surface area contributed by atoms with E-state index in [9.17, 15) is 33.1 Å². The minimum atomic E-state index is -3.19. The minimum absolute atomic E-state index is 0.125. The lowest BCUT2D eigenvalue weighted by Crippen LogP contribution is -2.59. The van der Waals surface area contributed by atoms with Gasteiger partial charge in [0, 0.05) is 17.6 Å². The van der Waals surface area contributed by atoms with Crippen LogP contribution in [-0.4, -0.2) is 44.0 Å². The molecule has 3 unspecified atom stereocenters. The summed E-state index contributed by atoms with van der Waals surface area (Å²) in [5.41, 5.74) is -7.88. The number of carbonyl (C=O) groups excluding carboxylic acids is 1. The number of aliphatic carboxylic acids is 1. The Labute approximate surface area is 178 Å². The van der Waals surface area contributed by atoms with E-state index >= 15 is 4.39 Å². The second-order valence-electron chi connectivity index (χ2n) is 6.83. The van der Waals surface area contributed by atoms with Crippen molar-refractivity contribution in [1.29, 1.82) is 0 Å². The molecule has 2 rings (SSSR count). The smallest absolute Gasteiger partial charge is 0.342 e. The standard InChI is InChI=1S/C19H18ClF3N2O6/c1-4-5-31-19(16(28)29)7-11(14(21)13(9(2)8-26)18(19,3)20)25-12(27)6-10(15(22)23)24-17(25)30/h4,6-9,15H,1,5H2,2-3H3,(H,24,30)(H,28,29). The number of alkyl halides is 3. The van der Waals surface area contributed by atoms with E-state index in [4.69, 9.17) is 16.3 Å². The Bertz CT molecular complexity index is 1070. The van der Waals surface area contributed by atoms with Crippen molar-refractivity contribution in [3.8, 4) is 0 Å². The van der Waals surface area contributed by atoms with Crippen LogP contribution in [0.25, 0.3) is 5.70 Å². The molecule has 0 radical (unpaired) electrons.